The Kier molecular flexibility index (Phi) is 15.7. The Balaban J connectivity index is 1.31. The Bertz CT molecular complexity index is 2030. The summed E-state index contributed by atoms with van der Waals surface area (Å²) in [7, 11) is 0. The standard InChI is InChI=1S/C44H61N11O6/c45-31(23-27-11-3-1-4-12-27)38(56)52-34-19-21-48-39(57)33(17-9-20-49-44(46)47)51-41(59)36(25-29-26-50-32-16-8-7-15-30(29)32)53-40(58)35(24-28-13-5-2-6-14-28)54-42(60)37-18-10-22-55(37)43(34)61/h1,3-4,7-8,11-12,15-16,26,28,31,33-37,50H,2,5-6,9-10,13-14,17-25,45H2,(H,48,57)(H,51,59)(H,52,56)(H,53,58)(H,54,60)(H4,46,47,49)/t31-,33-,34-,35+,36-,37-/m0/s1. The number of H-pyrrole nitrogens is 1. The number of carbonyl (C=O) groups is 6. The molecule has 1 aliphatic carbocycles. The number of guanidine groups is 1. The minimum absolute atomic E-state index is 0.0264. The molecule has 6 rings (SSSR count). The molecule has 1 aromatic heterocycles. The van der Waals surface area contributed by atoms with Gasteiger partial charge in [-0.25, -0.2) is 0 Å². The van der Waals surface area contributed by atoms with Crippen molar-refractivity contribution >= 4 is 52.3 Å². The smallest absolute Gasteiger partial charge is 0.245 e. The van der Waals surface area contributed by atoms with Crippen molar-refractivity contribution in [1.82, 2.24) is 36.5 Å². The average Bonchev–Trinajstić information content (AvgIpc) is 3.92. The summed E-state index contributed by atoms with van der Waals surface area (Å²) in [6.07, 6.45) is 8.72. The molecule has 6 atom stereocenters. The van der Waals surface area contributed by atoms with Crippen LogP contribution >= 0.6 is 0 Å². The Hall–Kier alpha value is -5.97. The molecule has 0 unspecified atom stereocenters. The minimum Gasteiger partial charge on any atom is -0.370 e. The van der Waals surface area contributed by atoms with E-state index in [1.807, 2.05) is 54.6 Å². The first-order valence-corrected chi connectivity index (χ1v) is 21.7. The lowest BCUT2D eigenvalue weighted by molar-refractivity contribution is -0.142. The molecule has 328 valence electrons. The van der Waals surface area contributed by atoms with Crippen LogP contribution in [0.2, 0.25) is 0 Å². The van der Waals surface area contributed by atoms with Gasteiger partial charge in [-0.15, -0.1) is 0 Å². The van der Waals surface area contributed by atoms with E-state index in [4.69, 9.17) is 17.2 Å². The number of aromatic amines is 1. The molecule has 3 heterocycles. The Labute approximate surface area is 356 Å². The van der Waals surface area contributed by atoms with Crippen molar-refractivity contribution in [3.63, 3.8) is 0 Å². The Morgan fingerprint density at radius 1 is 0.803 bits per heavy atom. The van der Waals surface area contributed by atoms with Gasteiger partial charge in [0, 0.05) is 43.2 Å². The summed E-state index contributed by atoms with van der Waals surface area (Å²) in [5.74, 6) is -3.15. The molecule has 0 radical (unpaired) electrons. The fraction of sp³-hybridized carbons (Fsp3) is 0.523. The number of para-hydroxylation sites is 1. The van der Waals surface area contributed by atoms with E-state index in [0.29, 0.717) is 25.7 Å². The van der Waals surface area contributed by atoms with Crippen molar-refractivity contribution in [3.8, 4) is 0 Å². The van der Waals surface area contributed by atoms with Crippen molar-refractivity contribution < 1.29 is 28.8 Å². The van der Waals surface area contributed by atoms with Gasteiger partial charge >= 0.3 is 0 Å². The third-order valence-corrected chi connectivity index (χ3v) is 12.1. The summed E-state index contributed by atoms with van der Waals surface area (Å²) in [5.41, 5.74) is 19.9. The van der Waals surface area contributed by atoms with E-state index in [1.165, 1.54) is 4.90 Å². The molecule has 17 nitrogen and oxygen atoms in total. The van der Waals surface area contributed by atoms with Crippen molar-refractivity contribution in [2.45, 2.75) is 120 Å². The average molecular weight is 840 g/mol. The number of nitrogens with one attached hydrogen (secondary N) is 6. The Morgan fingerprint density at radius 2 is 1.51 bits per heavy atom. The zero-order valence-electron chi connectivity index (χ0n) is 34.7. The third-order valence-electron chi connectivity index (χ3n) is 12.1. The highest BCUT2D eigenvalue weighted by Gasteiger charge is 2.40. The van der Waals surface area contributed by atoms with Crippen LogP contribution in [0.15, 0.2) is 65.8 Å². The van der Waals surface area contributed by atoms with Crippen LogP contribution in [-0.4, -0.2) is 107 Å². The summed E-state index contributed by atoms with van der Waals surface area (Å²) >= 11 is 0. The SMILES string of the molecule is NC(N)=NCCC[C@@H]1NC(=O)[C@H](Cc2c[nH]c3ccccc23)NC(=O)[C@@H](CC2CCCCC2)NC(=O)[C@@H]2CCCN2C(=O)[C@@H](NC(=O)[C@@H](N)Cc2ccccc2)CCNC1=O. The highest BCUT2D eigenvalue weighted by molar-refractivity contribution is 5.97. The van der Waals surface area contributed by atoms with E-state index in [0.717, 1.165) is 54.1 Å². The summed E-state index contributed by atoms with van der Waals surface area (Å²) in [4.78, 5) is 93.8. The molecule has 2 aromatic carbocycles. The van der Waals surface area contributed by atoms with Crippen LogP contribution in [-0.2, 0) is 41.6 Å². The summed E-state index contributed by atoms with van der Waals surface area (Å²) in [5, 5.41) is 15.4. The third kappa shape index (κ3) is 12.3. The number of benzene rings is 2. The predicted molar refractivity (Wildman–Crippen MR) is 231 cm³/mol. The number of nitrogens with two attached hydrogens (primary N) is 3. The molecule has 0 spiro atoms. The molecule has 3 fully saturated rings. The van der Waals surface area contributed by atoms with E-state index >= 15 is 0 Å². The predicted octanol–water partition coefficient (Wildman–Crippen LogP) is 0.755. The first kappa shape index (κ1) is 44.6. The molecule has 1 saturated carbocycles. The van der Waals surface area contributed by atoms with Gasteiger partial charge in [-0.05, 0) is 68.1 Å². The highest BCUT2D eigenvalue weighted by Crippen LogP contribution is 2.28. The molecule has 3 aromatic rings. The van der Waals surface area contributed by atoms with Crippen molar-refractivity contribution in [2.24, 2.45) is 28.1 Å². The van der Waals surface area contributed by atoms with E-state index in [-0.39, 0.29) is 57.2 Å². The lowest BCUT2D eigenvalue weighted by Crippen LogP contribution is -2.59. The van der Waals surface area contributed by atoms with Crippen molar-refractivity contribution in [1.29, 1.82) is 0 Å². The number of aliphatic imine (C=N–C) groups is 1. The van der Waals surface area contributed by atoms with Crippen LogP contribution in [0.5, 0.6) is 0 Å². The Morgan fingerprint density at radius 3 is 2.28 bits per heavy atom. The van der Waals surface area contributed by atoms with E-state index in [1.54, 1.807) is 6.20 Å². The van der Waals surface area contributed by atoms with Gasteiger partial charge in [0.1, 0.15) is 30.2 Å². The molecular formula is C44H61N11O6. The minimum atomic E-state index is -1.14. The number of carbonyl (C=O) groups excluding carboxylic acids is 6. The monoisotopic (exact) mass is 839 g/mol. The highest BCUT2D eigenvalue weighted by atomic mass is 16.2. The molecule has 3 aliphatic rings. The van der Waals surface area contributed by atoms with Crippen molar-refractivity contribution in [3.05, 3.63) is 71.9 Å². The molecule has 2 aliphatic heterocycles. The lowest BCUT2D eigenvalue weighted by atomic mass is 9.84. The van der Waals surface area contributed by atoms with E-state index < -0.39 is 71.7 Å². The molecule has 2 saturated heterocycles. The molecule has 17 heteroatoms. The first-order valence-electron chi connectivity index (χ1n) is 21.7. The molecule has 6 amide bonds. The van der Waals surface area contributed by atoms with Gasteiger partial charge in [0.2, 0.25) is 35.4 Å². The first-order chi connectivity index (χ1) is 29.5. The van der Waals surface area contributed by atoms with E-state index in [2.05, 4.69) is 36.6 Å². The van der Waals surface area contributed by atoms with Gasteiger partial charge in [-0.2, -0.15) is 0 Å². The van der Waals surface area contributed by atoms with E-state index in [9.17, 15) is 28.8 Å². The number of hydrogen-bond acceptors (Lipinski definition) is 8. The van der Waals surface area contributed by atoms with Crippen LogP contribution in [0, 0.1) is 5.92 Å². The van der Waals surface area contributed by atoms with Crippen LogP contribution < -0.4 is 43.8 Å². The maximum Gasteiger partial charge on any atom is 0.245 e. The fourth-order valence-corrected chi connectivity index (χ4v) is 8.77. The largest absolute Gasteiger partial charge is 0.370 e. The van der Waals surface area contributed by atoms with Gasteiger partial charge in [0.05, 0.1) is 6.04 Å². The number of rotatable bonds is 12. The second kappa shape index (κ2) is 21.5. The van der Waals surface area contributed by atoms with Crippen LogP contribution in [0.1, 0.15) is 81.8 Å². The lowest BCUT2D eigenvalue weighted by Gasteiger charge is -2.32. The normalized spacial score (nSPS) is 24.1. The summed E-state index contributed by atoms with van der Waals surface area (Å²) in [6, 6.07) is 10.6. The molecule has 12 N–H and O–H groups in total. The number of aromatic nitrogens is 1. The zero-order valence-corrected chi connectivity index (χ0v) is 34.7. The van der Waals surface area contributed by atoms with Crippen LogP contribution in [0.3, 0.4) is 0 Å². The zero-order chi connectivity index (χ0) is 43.3. The van der Waals surface area contributed by atoms with Crippen molar-refractivity contribution in [2.75, 3.05) is 19.6 Å². The molecule has 0 bridgehead atoms. The summed E-state index contributed by atoms with van der Waals surface area (Å²) < 4.78 is 0. The molecule has 61 heavy (non-hydrogen) atoms. The topological polar surface area (TPSA) is 272 Å². The summed E-state index contributed by atoms with van der Waals surface area (Å²) in [6.45, 7) is 0.393. The van der Waals surface area contributed by atoms with Gasteiger partial charge < -0.3 is 53.7 Å². The van der Waals surface area contributed by atoms with Gasteiger partial charge in [-0.1, -0.05) is 80.6 Å². The second-order valence-electron chi connectivity index (χ2n) is 16.6. The van der Waals surface area contributed by atoms with Gasteiger partial charge in [-0.3, -0.25) is 33.8 Å². The fourth-order valence-electron chi connectivity index (χ4n) is 8.77. The number of fused-ring (bicyclic) bond motifs is 2. The van der Waals surface area contributed by atoms with Crippen LogP contribution in [0.4, 0.5) is 0 Å². The number of nitrogens with zero attached hydrogens (tertiary/aromatic N) is 2. The number of hydrogen-bond donors (Lipinski definition) is 9. The second-order valence-corrected chi connectivity index (χ2v) is 16.6. The van der Waals surface area contributed by atoms with Gasteiger partial charge in [0.25, 0.3) is 0 Å². The maximum absolute atomic E-state index is 14.5. The maximum atomic E-state index is 14.5. The van der Waals surface area contributed by atoms with Gasteiger partial charge in [0.15, 0.2) is 5.96 Å². The quantitative estimate of drug-likeness (QED) is 0.0707. The number of amides is 6. The van der Waals surface area contributed by atoms with Crippen LogP contribution in [0.25, 0.3) is 10.9 Å². The molecular weight excluding hydrogens is 779 g/mol.